The van der Waals surface area contributed by atoms with Crippen molar-refractivity contribution in [3.05, 3.63) is 35.6 Å². The number of hydrogen-bond donors (Lipinski definition) is 3. The van der Waals surface area contributed by atoms with Gasteiger partial charge in [0, 0.05) is 12.1 Å². The Bertz CT molecular complexity index is 489. The Morgan fingerprint density at radius 3 is 2.55 bits per heavy atom. The fourth-order valence-corrected chi connectivity index (χ4v) is 1.66. The van der Waals surface area contributed by atoms with Crippen LogP contribution in [0.5, 0.6) is 0 Å². The van der Waals surface area contributed by atoms with Crippen molar-refractivity contribution in [3.8, 4) is 0 Å². The molecule has 1 aromatic rings. The first kappa shape index (κ1) is 16.1. The van der Waals surface area contributed by atoms with Gasteiger partial charge in [-0.3, -0.25) is 9.59 Å². The zero-order valence-electron chi connectivity index (χ0n) is 11.6. The van der Waals surface area contributed by atoms with Crippen LogP contribution in [0.1, 0.15) is 30.6 Å². The summed E-state index contributed by atoms with van der Waals surface area (Å²) >= 11 is 0. The summed E-state index contributed by atoms with van der Waals surface area (Å²) < 4.78 is 13.3. The van der Waals surface area contributed by atoms with Crippen LogP contribution in [0.15, 0.2) is 24.3 Å². The molecular weight excluding hydrogens is 263 g/mol. The Morgan fingerprint density at radius 2 is 1.95 bits per heavy atom. The second-order valence-corrected chi connectivity index (χ2v) is 5.07. The predicted molar refractivity (Wildman–Crippen MR) is 72.7 cm³/mol. The normalized spacial score (nSPS) is 11.0. The first-order valence-electron chi connectivity index (χ1n) is 6.30. The molecule has 0 aliphatic heterocycles. The van der Waals surface area contributed by atoms with E-state index in [1.807, 2.05) is 0 Å². The monoisotopic (exact) mass is 282 g/mol. The molecule has 0 spiro atoms. The van der Waals surface area contributed by atoms with Gasteiger partial charge in [0.1, 0.15) is 5.82 Å². The Morgan fingerprint density at radius 1 is 1.30 bits per heavy atom. The maximum atomic E-state index is 13.3. The lowest BCUT2D eigenvalue weighted by Gasteiger charge is -2.25. The average molecular weight is 282 g/mol. The first-order valence-corrected chi connectivity index (χ1v) is 6.30. The lowest BCUT2D eigenvalue weighted by Crippen LogP contribution is -2.48. The number of hydrogen-bond acceptors (Lipinski definition) is 3. The number of aliphatic hydroxyl groups excluding tert-OH is 1. The van der Waals surface area contributed by atoms with Crippen LogP contribution < -0.4 is 10.6 Å². The number of benzene rings is 1. The first-order chi connectivity index (χ1) is 9.35. The van der Waals surface area contributed by atoms with Gasteiger partial charge in [-0.2, -0.15) is 0 Å². The highest BCUT2D eigenvalue weighted by atomic mass is 19.1. The van der Waals surface area contributed by atoms with Crippen molar-refractivity contribution < 1.29 is 19.1 Å². The van der Waals surface area contributed by atoms with Crippen LogP contribution in [0.3, 0.4) is 0 Å². The zero-order valence-corrected chi connectivity index (χ0v) is 11.6. The molecule has 0 atom stereocenters. The van der Waals surface area contributed by atoms with Gasteiger partial charge < -0.3 is 15.7 Å². The standard InChI is InChI=1S/C14H19FN2O3/c1-14(2,7-8-18)17-12(19)9-16-13(20)10-5-3-4-6-11(10)15/h3-6,18H,7-9H2,1-2H3,(H,16,20)(H,17,19). The van der Waals surface area contributed by atoms with E-state index < -0.39 is 23.2 Å². The van der Waals surface area contributed by atoms with Gasteiger partial charge in [0.2, 0.25) is 5.91 Å². The number of carbonyl (C=O) groups is 2. The number of amides is 2. The summed E-state index contributed by atoms with van der Waals surface area (Å²) in [5, 5.41) is 13.9. The van der Waals surface area contributed by atoms with E-state index in [2.05, 4.69) is 10.6 Å². The SMILES string of the molecule is CC(C)(CCO)NC(=O)CNC(=O)c1ccccc1F. The molecule has 0 bridgehead atoms. The molecule has 20 heavy (non-hydrogen) atoms. The molecule has 1 aromatic carbocycles. The summed E-state index contributed by atoms with van der Waals surface area (Å²) in [4.78, 5) is 23.3. The summed E-state index contributed by atoms with van der Waals surface area (Å²) in [5.41, 5.74) is -0.663. The highest BCUT2D eigenvalue weighted by Crippen LogP contribution is 2.07. The van der Waals surface area contributed by atoms with Gasteiger partial charge in [-0.25, -0.2) is 4.39 Å². The van der Waals surface area contributed by atoms with Gasteiger partial charge in [-0.05, 0) is 32.4 Å². The molecule has 0 heterocycles. The minimum Gasteiger partial charge on any atom is -0.396 e. The van der Waals surface area contributed by atoms with Crippen molar-refractivity contribution in [2.24, 2.45) is 0 Å². The molecule has 0 unspecified atom stereocenters. The number of halogens is 1. The van der Waals surface area contributed by atoms with Gasteiger partial charge in [0.25, 0.3) is 5.91 Å². The number of carbonyl (C=O) groups excluding carboxylic acids is 2. The lowest BCUT2D eigenvalue weighted by molar-refractivity contribution is -0.121. The molecule has 5 nitrogen and oxygen atoms in total. The van der Waals surface area contributed by atoms with Crippen molar-refractivity contribution in [1.82, 2.24) is 10.6 Å². The quantitative estimate of drug-likeness (QED) is 0.723. The van der Waals surface area contributed by atoms with Crippen molar-refractivity contribution in [2.45, 2.75) is 25.8 Å². The third kappa shape index (κ3) is 4.97. The second kappa shape index (κ2) is 7.00. The van der Waals surface area contributed by atoms with Gasteiger partial charge in [-0.1, -0.05) is 12.1 Å². The van der Waals surface area contributed by atoms with Gasteiger partial charge >= 0.3 is 0 Å². The van der Waals surface area contributed by atoms with Crippen LogP contribution in [0.2, 0.25) is 0 Å². The summed E-state index contributed by atoms with van der Waals surface area (Å²) in [5.74, 6) is -1.67. The second-order valence-electron chi connectivity index (χ2n) is 5.07. The highest BCUT2D eigenvalue weighted by molar-refractivity contribution is 5.96. The average Bonchev–Trinajstić information content (AvgIpc) is 2.35. The van der Waals surface area contributed by atoms with Crippen LogP contribution in [0.4, 0.5) is 4.39 Å². The number of aliphatic hydroxyl groups is 1. The van der Waals surface area contributed by atoms with Crippen molar-refractivity contribution in [1.29, 1.82) is 0 Å². The topological polar surface area (TPSA) is 78.4 Å². The third-order valence-electron chi connectivity index (χ3n) is 2.74. The predicted octanol–water partition coefficient (Wildman–Crippen LogP) is 0.833. The van der Waals surface area contributed by atoms with Gasteiger partial charge in [0.05, 0.1) is 12.1 Å². The zero-order chi connectivity index (χ0) is 15.2. The fourth-order valence-electron chi connectivity index (χ4n) is 1.66. The van der Waals surface area contributed by atoms with Crippen LogP contribution in [0, 0.1) is 5.82 Å². The molecule has 0 saturated heterocycles. The molecule has 0 radical (unpaired) electrons. The molecule has 110 valence electrons. The van der Waals surface area contributed by atoms with Crippen LogP contribution in [-0.2, 0) is 4.79 Å². The van der Waals surface area contributed by atoms with E-state index >= 15 is 0 Å². The van der Waals surface area contributed by atoms with Crippen LogP contribution in [-0.4, -0.2) is 35.6 Å². The summed E-state index contributed by atoms with van der Waals surface area (Å²) in [7, 11) is 0. The molecule has 0 aromatic heterocycles. The molecule has 2 amide bonds. The van der Waals surface area contributed by atoms with E-state index in [0.29, 0.717) is 6.42 Å². The van der Waals surface area contributed by atoms with E-state index in [0.717, 1.165) is 0 Å². The summed E-state index contributed by atoms with van der Waals surface area (Å²) in [6.45, 7) is 3.23. The van der Waals surface area contributed by atoms with Crippen LogP contribution in [0.25, 0.3) is 0 Å². The third-order valence-corrected chi connectivity index (χ3v) is 2.74. The largest absolute Gasteiger partial charge is 0.396 e. The summed E-state index contributed by atoms with van der Waals surface area (Å²) in [6.07, 6.45) is 0.403. The minimum atomic E-state index is -0.641. The van der Waals surface area contributed by atoms with Gasteiger partial charge in [0.15, 0.2) is 0 Å². The van der Waals surface area contributed by atoms with Crippen molar-refractivity contribution in [2.75, 3.05) is 13.2 Å². The van der Waals surface area contributed by atoms with Crippen LogP contribution >= 0.6 is 0 Å². The number of nitrogens with one attached hydrogen (secondary N) is 2. The Balaban J connectivity index is 2.49. The van der Waals surface area contributed by atoms with Crippen molar-refractivity contribution in [3.63, 3.8) is 0 Å². The smallest absolute Gasteiger partial charge is 0.254 e. The molecule has 1 rings (SSSR count). The Kier molecular flexibility index (Phi) is 5.64. The van der Waals surface area contributed by atoms with E-state index in [-0.39, 0.29) is 18.7 Å². The van der Waals surface area contributed by atoms with E-state index in [1.165, 1.54) is 18.2 Å². The Hall–Kier alpha value is -1.95. The molecule has 0 saturated carbocycles. The van der Waals surface area contributed by atoms with Crippen molar-refractivity contribution >= 4 is 11.8 Å². The molecular formula is C14H19FN2O3. The minimum absolute atomic E-state index is 0.0468. The highest BCUT2D eigenvalue weighted by Gasteiger charge is 2.20. The van der Waals surface area contributed by atoms with E-state index in [4.69, 9.17) is 5.11 Å². The summed E-state index contributed by atoms with van der Waals surface area (Å²) in [6, 6.07) is 5.55. The maximum absolute atomic E-state index is 13.3. The number of rotatable bonds is 6. The molecule has 0 aliphatic carbocycles. The molecule has 6 heteroatoms. The Labute approximate surface area is 117 Å². The molecule has 3 N–H and O–H groups in total. The van der Waals surface area contributed by atoms with E-state index in [9.17, 15) is 14.0 Å². The van der Waals surface area contributed by atoms with Gasteiger partial charge in [-0.15, -0.1) is 0 Å². The molecule has 0 fully saturated rings. The molecule has 0 aliphatic rings. The fraction of sp³-hybridized carbons (Fsp3) is 0.429. The lowest BCUT2D eigenvalue weighted by atomic mass is 10.0. The van der Waals surface area contributed by atoms with E-state index in [1.54, 1.807) is 19.9 Å². The maximum Gasteiger partial charge on any atom is 0.254 e.